The molecular weight excluding hydrogens is 772 g/mol. The SMILES string of the molecule is Nc1nc2[nH]cc(CCc3ccc(C(=O)N[C@@H](CCC(=O)N[C@@H](CCC(=O)N[C@@H](CCC(=O)NC(CCC(=O)O)C(=O)O)C(=O)O)C(=O)O)C(=O)O)cc3)c2c(=O)[nH]1. The Kier molecular flexibility index (Phi) is 16.4. The molecule has 0 aliphatic rings. The van der Waals surface area contributed by atoms with Gasteiger partial charge >= 0.3 is 29.8 Å². The van der Waals surface area contributed by atoms with Crippen LogP contribution < -0.4 is 32.6 Å². The molecule has 0 spiro atoms. The van der Waals surface area contributed by atoms with Gasteiger partial charge in [-0.15, -0.1) is 0 Å². The Morgan fingerprint density at radius 1 is 0.621 bits per heavy atom. The van der Waals surface area contributed by atoms with Crippen molar-refractivity contribution in [2.24, 2.45) is 0 Å². The molecule has 23 nitrogen and oxygen atoms in total. The van der Waals surface area contributed by atoms with Crippen molar-refractivity contribution < 1.29 is 68.7 Å². The van der Waals surface area contributed by atoms with Crippen LogP contribution in [0.1, 0.15) is 72.9 Å². The van der Waals surface area contributed by atoms with E-state index in [1.54, 1.807) is 18.3 Å². The van der Waals surface area contributed by atoms with Gasteiger partial charge in [0.2, 0.25) is 23.7 Å². The van der Waals surface area contributed by atoms with E-state index in [1.807, 2.05) is 0 Å². The highest BCUT2D eigenvalue weighted by Crippen LogP contribution is 2.16. The summed E-state index contributed by atoms with van der Waals surface area (Å²) in [5, 5.41) is 55.6. The number of carbonyl (C=O) groups excluding carboxylic acids is 4. The maximum atomic E-state index is 12.8. The summed E-state index contributed by atoms with van der Waals surface area (Å²) in [6.07, 6.45) is -1.60. The summed E-state index contributed by atoms with van der Waals surface area (Å²) in [5.74, 6) is -11.0. The van der Waals surface area contributed by atoms with Crippen molar-refractivity contribution in [2.45, 2.75) is 88.4 Å². The maximum Gasteiger partial charge on any atom is 0.326 e. The third-order valence-electron chi connectivity index (χ3n) is 8.67. The van der Waals surface area contributed by atoms with Crippen LogP contribution in [0.5, 0.6) is 0 Å². The number of H-pyrrole nitrogens is 2. The predicted octanol–water partition coefficient (Wildman–Crippen LogP) is -1.28. The van der Waals surface area contributed by atoms with Gasteiger partial charge in [0, 0.05) is 37.4 Å². The summed E-state index contributed by atoms with van der Waals surface area (Å²) in [7, 11) is 0. The second kappa shape index (κ2) is 21.1. The van der Waals surface area contributed by atoms with E-state index in [1.165, 1.54) is 12.1 Å². The van der Waals surface area contributed by atoms with Gasteiger partial charge in [0.15, 0.2) is 0 Å². The lowest BCUT2D eigenvalue weighted by atomic mass is 10.0. The number of fused-ring (bicyclic) bond motifs is 1. The number of carboxylic acid groups (broad SMARTS) is 5. The first-order valence-corrected chi connectivity index (χ1v) is 17.6. The van der Waals surface area contributed by atoms with Crippen molar-refractivity contribution in [2.75, 3.05) is 5.73 Å². The third kappa shape index (κ3) is 14.1. The molecule has 312 valence electrons. The first kappa shape index (κ1) is 45.1. The van der Waals surface area contributed by atoms with E-state index in [2.05, 4.69) is 36.2 Å². The van der Waals surface area contributed by atoms with Crippen LogP contribution in [0.3, 0.4) is 0 Å². The molecule has 58 heavy (non-hydrogen) atoms. The van der Waals surface area contributed by atoms with Gasteiger partial charge in [-0.25, -0.2) is 19.2 Å². The Hall–Kier alpha value is -7.33. The zero-order valence-corrected chi connectivity index (χ0v) is 30.6. The average molecular weight is 815 g/mol. The van der Waals surface area contributed by atoms with Gasteiger partial charge in [0.1, 0.15) is 29.8 Å². The van der Waals surface area contributed by atoms with E-state index in [0.717, 1.165) is 5.56 Å². The molecule has 0 aliphatic heterocycles. The summed E-state index contributed by atoms with van der Waals surface area (Å²) in [4.78, 5) is 129. The molecule has 0 saturated carbocycles. The quantitative estimate of drug-likeness (QED) is 0.0501. The number of hydrogen-bond acceptors (Lipinski definition) is 12. The van der Waals surface area contributed by atoms with Crippen molar-refractivity contribution in [1.82, 2.24) is 36.2 Å². The molecular formula is C35H42N8O15. The third-order valence-corrected chi connectivity index (χ3v) is 8.67. The van der Waals surface area contributed by atoms with Crippen molar-refractivity contribution >= 4 is 70.5 Å². The molecule has 1 aromatic carbocycles. The van der Waals surface area contributed by atoms with Crippen LogP contribution in [0.4, 0.5) is 5.95 Å². The van der Waals surface area contributed by atoms with Crippen molar-refractivity contribution in [3.05, 3.63) is 57.5 Å². The Morgan fingerprint density at radius 3 is 1.48 bits per heavy atom. The van der Waals surface area contributed by atoms with Gasteiger partial charge in [0.25, 0.3) is 11.5 Å². The van der Waals surface area contributed by atoms with E-state index in [0.29, 0.717) is 29.4 Å². The number of aromatic nitrogens is 3. The highest BCUT2D eigenvalue weighted by molar-refractivity contribution is 5.97. The molecule has 23 heteroatoms. The number of nitrogen functional groups attached to an aromatic ring is 1. The monoisotopic (exact) mass is 814 g/mol. The van der Waals surface area contributed by atoms with Crippen LogP contribution in [0, 0.1) is 0 Å². The molecule has 0 bridgehead atoms. The summed E-state index contributed by atoms with van der Waals surface area (Å²) in [6, 6.07) is -0.184. The highest BCUT2D eigenvalue weighted by Gasteiger charge is 2.27. The zero-order valence-electron chi connectivity index (χ0n) is 30.6. The Bertz CT molecular complexity index is 2100. The van der Waals surface area contributed by atoms with Gasteiger partial charge in [-0.05, 0) is 61.8 Å². The second-order valence-electron chi connectivity index (χ2n) is 13.0. The van der Waals surface area contributed by atoms with E-state index in [-0.39, 0.29) is 17.1 Å². The van der Waals surface area contributed by atoms with Crippen LogP contribution in [-0.4, -0.2) is 118 Å². The second-order valence-corrected chi connectivity index (χ2v) is 13.0. The van der Waals surface area contributed by atoms with E-state index in [9.17, 15) is 63.3 Å². The molecule has 0 aliphatic carbocycles. The largest absolute Gasteiger partial charge is 0.481 e. The van der Waals surface area contributed by atoms with Crippen LogP contribution in [0.15, 0.2) is 35.3 Å². The minimum atomic E-state index is -1.66. The molecule has 3 rings (SSSR count). The lowest BCUT2D eigenvalue weighted by Gasteiger charge is -2.18. The number of hydrogen-bond donors (Lipinski definition) is 12. The topological polar surface area (TPSA) is 390 Å². The molecule has 0 saturated heterocycles. The summed E-state index contributed by atoms with van der Waals surface area (Å²) in [6.45, 7) is 0. The first-order chi connectivity index (χ1) is 27.3. The standard InChI is InChI=1S/C35H42N8O15/c36-35-42-28-27(30(50)43-35)18(15-37-28)6-3-16-1-4-17(5-2-16)29(49)41-22(34(57)58)9-13-25(46)39-20(32(53)54)7-11-23(44)38-19(31(51)52)8-12-24(45)40-21(33(55)56)10-14-26(47)48/h1-2,4-5,15,19-22H,3,6-14H2,(H,38,44)(H,39,46)(H,40,45)(H,41,49)(H,47,48)(H,51,52)(H,53,54)(H,55,56)(H,57,58)(H4,36,37,42,43,50)/t19-,20-,21?,22-/m0/s1. The molecule has 0 fully saturated rings. The van der Waals surface area contributed by atoms with Crippen molar-refractivity contribution in [3.63, 3.8) is 0 Å². The normalized spacial score (nSPS) is 13.0. The fourth-order valence-corrected chi connectivity index (χ4v) is 5.58. The Balaban J connectivity index is 1.46. The number of amides is 4. The van der Waals surface area contributed by atoms with E-state index >= 15 is 0 Å². The van der Waals surface area contributed by atoms with Crippen LogP contribution >= 0.6 is 0 Å². The fraction of sp³-hybridized carbons (Fsp3) is 0.400. The minimum Gasteiger partial charge on any atom is -0.481 e. The molecule has 2 aromatic heterocycles. The number of nitrogens with two attached hydrogens (primary N) is 1. The van der Waals surface area contributed by atoms with Crippen molar-refractivity contribution in [3.8, 4) is 0 Å². The van der Waals surface area contributed by atoms with Gasteiger partial charge in [-0.1, -0.05) is 12.1 Å². The number of nitrogens with one attached hydrogen (secondary N) is 6. The van der Waals surface area contributed by atoms with Gasteiger partial charge < -0.3 is 57.5 Å². The Labute approximate surface area is 326 Å². The number of aryl methyl sites for hydroxylation is 2. The summed E-state index contributed by atoms with van der Waals surface area (Å²) in [5.41, 5.74) is 7.14. The van der Waals surface area contributed by atoms with Crippen LogP contribution in [-0.2, 0) is 51.2 Å². The summed E-state index contributed by atoms with van der Waals surface area (Å²) < 4.78 is 0. The van der Waals surface area contributed by atoms with Gasteiger partial charge in [-0.3, -0.25) is 33.8 Å². The number of aliphatic carboxylic acids is 5. The lowest BCUT2D eigenvalue weighted by Crippen LogP contribution is -2.45. The first-order valence-electron chi connectivity index (χ1n) is 17.6. The Morgan fingerprint density at radius 2 is 1.05 bits per heavy atom. The predicted molar refractivity (Wildman–Crippen MR) is 197 cm³/mol. The molecule has 4 amide bonds. The molecule has 1 unspecified atom stereocenters. The van der Waals surface area contributed by atoms with Crippen LogP contribution in [0.2, 0.25) is 0 Å². The van der Waals surface area contributed by atoms with E-state index < -0.39 is 129 Å². The zero-order chi connectivity index (χ0) is 43.1. The fourth-order valence-electron chi connectivity index (χ4n) is 5.58. The number of rotatable bonds is 24. The number of carboxylic acids is 5. The van der Waals surface area contributed by atoms with Crippen LogP contribution in [0.25, 0.3) is 11.0 Å². The van der Waals surface area contributed by atoms with Gasteiger partial charge in [0.05, 0.1) is 5.39 Å². The number of nitrogens with zero attached hydrogens (tertiary/aromatic N) is 1. The average Bonchev–Trinajstić information content (AvgIpc) is 3.56. The number of benzene rings is 1. The number of aromatic amines is 2. The van der Waals surface area contributed by atoms with E-state index in [4.69, 9.17) is 15.9 Å². The minimum absolute atomic E-state index is 0.0253. The molecule has 3 aromatic rings. The molecule has 13 N–H and O–H groups in total. The highest BCUT2D eigenvalue weighted by atomic mass is 16.4. The number of carbonyl (C=O) groups is 9. The summed E-state index contributed by atoms with van der Waals surface area (Å²) >= 11 is 0. The van der Waals surface area contributed by atoms with Gasteiger partial charge in [-0.2, -0.15) is 4.98 Å². The molecule has 2 heterocycles. The molecule has 4 atom stereocenters. The number of anilines is 1. The molecule has 0 radical (unpaired) electrons. The van der Waals surface area contributed by atoms with Crippen molar-refractivity contribution in [1.29, 1.82) is 0 Å². The lowest BCUT2D eigenvalue weighted by molar-refractivity contribution is -0.144. The maximum absolute atomic E-state index is 12.8. The smallest absolute Gasteiger partial charge is 0.326 e.